The van der Waals surface area contributed by atoms with Gasteiger partial charge in [0, 0.05) is 11.5 Å². The van der Waals surface area contributed by atoms with Gasteiger partial charge in [0.2, 0.25) is 0 Å². The number of ether oxygens (including phenoxy) is 1. The number of carbonyl (C=O) groups excluding carboxylic acids is 1. The molecule has 106 valence electrons. The van der Waals surface area contributed by atoms with Gasteiger partial charge in [-0.3, -0.25) is 4.79 Å². The van der Waals surface area contributed by atoms with Gasteiger partial charge in [0.25, 0.3) is 0 Å². The Morgan fingerprint density at radius 2 is 2.26 bits per heavy atom. The maximum absolute atomic E-state index is 11.0. The fourth-order valence-electron chi connectivity index (χ4n) is 2.44. The van der Waals surface area contributed by atoms with Crippen LogP contribution in [0.1, 0.15) is 50.3 Å². The van der Waals surface area contributed by atoms with Crippen molar-refractivity contribution >= 4 is 17.7 Å². The molecular formula is C13H21N3O2S. The minimum absolute atomic E-state index is 0.147. The van der Waals surface area contributed by atoms with Crippen LogP contribution in [0, 0.1) is 0 Å². The van der Waals surface area contributed by atoms with Gasteiger partial charge in [-0.05, 0) is 12.8 Å². The van der Waals surface area contributed by atoms with Gasteiger partial charge < -0.3 is 4.74 Å². The molecule has 1 heterocycles. The van der Waals surface area contributed by atoms with E-state index in [4.69, 9.17) is 0 Å². The fourth-order valence-corrected chi connectivity index (χ4v) is 3.31. The summed E-state index contributed by atoms with van der Waals surface area (Å²) in [6.07, 6.45) is 8.66. The summed E-state index contributed by atoms with van der Waals surface area (Å²) in [5.41, 5.74) is 1.17. The number of esters is 1. The normalized spacial score (nSPS) is 16.5. The molecule has 1 aliphatic carbocycles. The molecule has 0 unspecified atom stereocenters. The standard InChI is InChI=1S/C13H21N3O2S/c1-18-13(17)7-8-19-10-12-9-14-15-16(12)11-5-3-2-4-6-11/h9,11H,2-8,10H2,1H3. The molecule has 1 aromatic rings. The molecule has 6 heteroatoms. The zero-order chi connectivity index (χ0) is 13.5. The SMILES string of the molecule is COC(=O)CCSCc1cnnn1C1CCCCC1. The van der Waals surface area contributed by atoms with Crippen molar-refractivity contribution in [3.05, 3.63) is 11.9 Å². The number of thioether (sulfide) groups is 1. The van der Waals surface area contributed by atoms with E-state index in [2.05, 4.69) is 19.7 Å². The Morgan fingerprint density at radius 3 is 3.00 bits per heavy atom. The minimum Gasteiger partial charge on any atom is -0.469 e. The van der Waals surface area contributed by atoms with Crippen LogP contribution in [0.4, 0.5) is 0 Å². The monoisotopic (exact) mass is 283 g/mol. The largest absolute Gasteiger partial charge is 0.469 e. The lowest BCUT2D eigenvalue weighted by atomic mass is 9.95. The Kier molecular flexibility index (Phi) is 5.69. The lowest BCUT2D eigenvalue weighted by Gasteiger charge is -2.23. The number of rotatable bonds is 6. The lowest BCUT2D eigenvalue weighted by molar-refractivity contribution is -0.140. The highest BCUT2D eigenvalue weighted by Crippen LogP contribution is 2.29. The first-order chi connectivity index (χ1) is 9.31. The topological polar surface area (TPSA) is 57.0 Å². The molecule has 1 aromatic heterocycles. The van der Waals surface area contributed by atoms with Gasteiger partial charge in [0.05, 0.1) is 31.5 Å². The Morgan fingerprint density at radius 1 is 1.47 bits per heavy atom. The summed E-state index contributed by atoms with van der Waals surface area (Å²) in [4.78, 5) is 11.0. The minimum atomic E-state index is -0.147. The van der Waals surface area contributed by atoms with E-state index in [0.29, 0.717) is 12.5 Å². The van der Waals surface area contributed by atoms with Gasteiger partial charge in [0.1, 0.15) is 0 Å². The molecule has 5 nitrogen and oxygen atoms in total. The molecule has 0 atom stereocenters. The van der Waals surface area contributed by atoms with Crippen molar-refractivity contribution in [1.82, 2.24) is 15.0 Å². The molecule has 0 aliphatic heterocycles. The Bertz CT molecular complexity index is 402. The summed E-state index contributed by atoms with van der Waals surface area (Å²) in [6.45, 7) is 0. The van der Waals surface area contributed by atoms with Crippen LogP contribution in [0.3, 0.4) is 0 Å². The summed E-state index contributed by atoms with van der Waals surface area (Å²) in [7, 11) is 1.43. The second-order valence-corrected chi connectivity index (χ2v) is 5.95. The molecule has 1 aliphatic rings. The number of carbonyl (C=O) groups is 1. The van der Waals surface area contributed by atoms with E-state index in [0.717, 1.165) is 11.5 Å². The molecule has 19 heavy (non-hydrogen) atoms. The van der Waals surface area contributed by atoms with E-state index in [1.54, 1.807) is 11.8 Å². The molecule has 0 bridgehead atoms. The van der Waals surface area contributed by atoms with E-state index in [1.807, 2.05) is 6.20 Å². The van der Waals surface area contributed by atoms with Crippen molar-refractivity contribution in [2.75, 3.05) is 12.9 Å². The third-order valence-electron chi connectivity index (χ3n) is 3.50. The van der Waals surface area contributed by atoms with Crippen LogP contribution in [0.5, 0.6) is 0 Å². The summed E-state index contributed by atoms with van der Waals surface area (Å²) in [5, 5.41) is 8.27. The molecule has 0 saturated heterocycles. The average Bonchev–Trinajstić information content (AvgIpc) is 2.92. The predicted molar refractivity (Wildman–Crippen MR) is 74.9 cm³/mol. The number of hydrogen-bond acceptors (Lipinski definition) is 5. The highest BCUT2D eigenvalue weighted by atomic mass is 32.2. The van der Waals surface area contributed by atoms with Gasteiger partial charge in [-0.1, -0.05) is 24.5 Å². The Balaban J connectivity index is 1.80. The first-order valence-corrected chi connectivity index (χ1v) is 8.00. The maximum Gasteiger partial charge on any atom is 0.306 e. The van der Waals surface area contributed by atoms with Gasteiger partial charge >= 0.3 is 5.97 Å². The Labute approximate surface area is 118 Å². The molecule has 0 aromatic carbocycles. The van der Waals surface area contributed by atoms with Crippen LogP contribution < -0.4 is 0 Å². The van der Waals surface area contributed by atoms with Gasteiger partial charge in [-0.15, -0.1) is 5.10 Å². The molecule has 0 radical (unpaired) electrons. The molecule has 2 rings (SSSR count). The van der Waals surface area contributed by atoms with Crippen LogP contribution in [-0.4, -0.2) is 33.8 Å². The van der Waals surface area contributed by atoms with Crippen LogP contribution >= 0.6 is 11.8 Å². The molecule has 1 fully saturated rings. The third-order valence-corrected chi connectivity index (χ3v) is 4.49. The van der Waals surface area contributed by atoms with Crippen molar-refractivity contribution in [2.24, 2.45) is 0 Å². The van der Waals surface area contributed by atoms with Crippen LogP contribution in [0.25, 0.3) is 0 Å². The van der Waals surface area contributed by atoms with Crippen molar-refractivity contribution in [3.8, 4) is 0 Å². The second-order valence-electron chi connectivity index (χ2n) is 4.84. The van der Waals surface area contributed by atoms with Crippen LogP contribution in [0.2, 0.25) is 0 Å². The average molecular weight is 283 g/mol. The Hall–Kier alpha value is -1.04. The van der Waals surface area contributed by atoms with Crippen LogP contribution in [0.15, 0.2) is 6.20 Å². The van der Waals surface area contributed by atoms with E-state index in [9.17, 15) is 4.79 Å². The highest BCUT2D eigenvalue weighted by molar-refractivity contribution is 7.98. The quantitative estimate of drug-likeness (QED) is 0.593. The van der Waals surface area contributed by atoms with Crippen LogP contribution in [-0.2, 0) is 15.3 Å². The maximum atomic E-state index is 11.0. The van der Waals surface area contributed by atoms with E-state index in [1.165, 1.54) is 44.9 Å². The van der Waals surface area contributed by atoms with Crippen molar-refractivity contribution in [2.45, 2.75) is 50.3 Å². The van der Waals surface area contributed by atoms with Crippen molar-refractivity contribution < 1.29 is 9.53 Å². The first-order valence-electron chi connectivity index (χ1n) is 6.85. The summed E-state index contributed by atoms with van der Waals surface area (Å²) >= 11 is 1.73. The molecular weight excluding hydrogens is 262 g/mol. The second kappa shape index (κ2) is 7.53. The molecule has 0 N–H and O–H groups in total. The third kappa shape index (κ3) is 4.23. The zero-order valence-corrected chi connectivity index (χ0v) is 12.2. The predicted octanol–water partition coefficient (Wildman–Crippen LogP) is 2.58. The number of nitrogens with zero attached hydrogens (tertiary/aromatic N) is 3. The van der Waals surface area contributed by atoms with Gasteiger partial charge in [0.15, 0.2) is 0 Å². The molecule has 0 spiro atoms. The van der Waals surface area contributed by atoms with E-state index in [-0.39, 0.29) is 5.97 Å². The molecule has 1 saturated carbocycles. The molecule has 0 amide bonds. The van der Waals surface area contributed by atoms with Crippen molar-refractivity contribution in [1.29, 1.82) is 0 Å². The van der Waals surface area contributed by atoms with Gasteiger partial charge in [-0.25, -0.2) is 4.68 Å². The number of aromatic nitrogens is 3. The van der Waals surface area contributed by atoms with Gasteiger partial charge in [-0.2, -0.15) is 11.8 Å². The first kappa shape index (κ1) is 14.4. The summed E-state index contributed by atoms with van der Waals surface area (Å²) in [6, 6.07) is 0.521. The highest BCUT2D eigenvalue weighted by Gasteiger charge is 2.18. The smallest absolute Gasteiger partial charge is 0.306 e. The number of hydrogen-bond donors (Lipinski definition) is 0. The summed E-state index contributed by atoms with van der Waals surface area (Å²) in [5.74, 6) is 1.50. The van der Waals surface area contributed by atoms with E-state index >= 15 is 0 Å². The number of methoxy groups -OCH3 is 1. The summed E-state index contributed by atoms with van der Waals surface area (Å²) < 4.78 is 6.71. The zero-order valence-electron chi connectivity index (χ0n) is 11.4. The fraction of sp³-hybridized carbons (Fsp3) is 0.769. The lowest BCUT2D eigenvalue weighted by Crippen LogP contribution is -2.16. The van der Waals surface area contributed by atoms with E-state index < -0.39 is 0 Å². The van der Waals surface area contributed by atoms with Crippen molar-refractivity contribution in [3.63, 3.8) is 0 Å².